The van der Waals surface area contributed by atoms with Crippen LogP contribution in [0.15, 0.2) is 0 Å². The molecule has 0 rings (SSSR count). The SMILES string of the molecule is CCCCCCCOC(C)(C)CN. The lowest BCUT2D eigenvalue weighted by Gasteiger charge is -2.23. The van der Waals surface area contributed by atoms with Gasteiger partial charge in [0.05, 0.1) is 5.60 Å². The number of hydrogen-bond donors (Lipinski definition) is 1. The first kappa shape index (κ1) is 12.9. The van der Waals surface area contributed by atoms with Crippen molar-refractivity contribution in [1.29, 1.82) is 0 Å². The highest BCUT2D eigenvalue weighted by molar-refractivity contribution is 4.68. The molecule has 0 fully saturated rings. The lowest BCUT2D eigenvalue weighted by atomic mass is 10.1. The number of unbranched alkanes of at least 4 members (excludes halogenated alkanes) is 4. The molecule has 0 heterocycles. The molecule has 0 unspecified atom stereocenters. The Morgan fingerprint density at radius 2 is 1.69 bits per heavy atom. The van der Waals surface area contributed by atoms with E-state index in [9.17, 15) is 0 Å². The number of rotatable bonds is 8. The average molecular weight is 187 g/mol. The van der Waals surface area contributed by atoms with E-state index in [1.807, 2.05) is 13.8 Å². The van der Waals surface area contributed by atoms with Crippen LogP contribution >= 0.6 is 0 Å². The summed E-state index contributed by atoms with van der Waals surface area (Å²) in [6, 6.07) is 0. The smallest absolute Gasteiger partial charge is 0.0748 e. The molecule has 0 aromatic carbocycles. The second-order valence-electron chi connectivity index (χ2n) is 4.23. The van der Waals surface area contributed by atoms with E-state index in [-0.39, 0.29) is 5.60 Å². The Balaban J connectivity index is 3.16. The summed E-state index contributed by atoms with van der Waals surface area (Å²) in [6.07, 6.45) is 6.44. The van der Waals surface area contributed by atoms with Gasteiger partial charge in [0.15, 0.2) is 0 Å². The van der Waals surface area contributed by atoms with Gasteiger partial charge in [-0.15, -0.1) is 0 Å². The van der Waals surface area contributed by atoms with Crippen LogP contribution in [0.2, 0.25) is 0 Å². The van der Waals surface area contributed by atoms with Gasteiger partial charge in [0.2, 0.25) is 0 Å². The molecule has 0 bridgehead atoms. The van der Waals surface area contributed by atoms with Crippen molar-refractivity contribution in [2.75, 3.05) is 13.2 Å². The quantitative estimate of drug-likeness (QED) is 0.593. The van der Waals surface area contributed by atoms with Crippen LogP contribution in [0.5, 0.6) is 0 Å². The van der Waals surface area contributed by atoms with Crippen LogP contribution in [-0.2, 0) is 4.74 Å². The maximum atomic E-state index is 5.63. The van der Waals surface area contributed by atoms with Crippen molar-refractivity contribution in [3.05, 3.63) is 0 Å². The van der Waals surface area contributed by atoms with E-state index in [4.69, 9.17) is 10.5 Å². The van der Waals surface area contributed by atoms with Gasteiger partial charge in [0.25, 0.3) is 0 Å². The number of hydrogen-bond acceptors (Lipinski definition) is 2. The number of nitrogens with two attached hydrogens (primary N) is 1. The van der Waals surface area contributed by atoms with E-state index in [1.165, 1.54) is 32.1 Å². The molecule has 2 heteroatoms. The summed E-state index contributed by atoms with van der Waals surface area (Å²) >= 11 is 0. The van der Waals surface area contributed by atoms with Gasteiger partial charge in [-0.25, -0.2) is 0 Å². The van der Waals surface area contributed by atoms with Crippen LogP contribution < -0.4 is 5.73 Å². The standard InChI is InChI=1S/C11H25NO/c1-4-5-6-7-8-9-13-11(2,3)10-12/h4-10,12H2,1-3H3. The van der Waals surface area contributed by atoms with Gasteiger partial charge in [0.1, 0.15) is 0 Å². The fourth-order valence-corrected chi connectivity index (χ4v) is 1.11. The third-order valence-electron chi connectivity index (χ3n) is 2.23. The third-order valence-corrected chi connectivity index (χ3v) is 2.23. The molecule has 2 N–H and O–H groups in total. The first-order valence-corrected chi connectivity index (χ1v) is 5.46. The maximum absolute atomic E-state index is 5.63. The first-order chi connectivity index (χ1) is 6.12. The highest BCUT2D eigenvalue weighted by atomic mass is 16.5. The Morgan fingerprint density at radius 3 is 2.23 bits per heavy atom. The summed E-state index contributed by atoms with van der Waals surface area (Å²) < 4.78 is 5.63. The van der Waals surface area contributed by atoms with Crippen LogP contribution in [0.3, 0.4) is 0 Å². The molecule has 80 valence electrons. The summed E-state index contributed by atoms with van der Waals surface area (Å²) in [5.74, 6) is 0. The molecule has 13 heavy (non-hydrogen) atoms. The van der Waals surface area contributed by atoms with Gasteiger partial charge in [-0.1, -0.05) is 32.6 Å². The normalized spacial score (nSPS) is 12.0. The second-order valence-corrected chi connectivity index (χ2v) is 4.23. The van der Waals surface area contributed by atoms with Crippen LogP contribution in [-0.4, -0.2) is 18.8 Å². The molecule has 0 spiro atoms. The molecule has 0 radical (unpaired) electrons. The minimum absolute atomic E-state index is 0.134. The molecule has 0 saturated carbocycles. The molecule has 0 saturated heterocycles. The molecule has 0 aromatic heterocycles. The number of ether oxygens (including phenoxy) is 1. The van der Waals surface area contributed by atoms with Crippen molar-refractivity contribution in [3.8, 4) is 0 Å². The van der Waals surface area contributed by atoms with Crippen molar-refractivity contribution >= 4 is 0 Å². The van der Waals surface area contributed by atoms with Gasteiger partial charge >= 0.3 is 0 Å². The van der Waals surface area contributed by atoms with E-state index >= 15 is 0 Å². The largest absolute Gasteiger partial charge is 0.374 e. The zero-order valence-corrected chi connectivity index (χ0v) is 9.44. The molecule has 0 atom stereocenters. The van der Waals surface area contributed by atoms with Crippen LogP contribution in [0, 0.1) is 0 Å². The van der Waals surface area contributed by atoms with Crippen molar-refractivity contribution in [2.24, 2.45) is 5.73 Å². The van der Waals surface area contributed by atoms with Gasteiger partial charge in [0, 0.05) is 13.2 Å². The monoisotopic (exact) mass is 187 g/mol. The predicted octanol–water partition coefficient (Wildman–Crippen LogP) is 2.71. The highest BCUT2D eigenvalue weighted by Crippen LogP contribution is 2.09. The summed E-state index contributed by atoms with van der Waals surface area (Å²) in [4.78, 5) is 0. The van der Waals surface area contributed by atoms with Crippen molar-refractivity contribution in [1.82, 2.24) is 0 Å². The van der Waals surface area contributed by atoms with Crippen molar-refractivity contribution < 1.29 is 4.74 Å². The zero-order valence-electron chi connectivity index (χ0n) is 9.44. The van der Waals surface area contributed by atoms with Crippen molar-refractivity contribution in [2.45, 2.75) is 58.5 Å². The molecular weight excluding hydrogens is 162 g/mol. The molecule has 0 aliphatic heterocycles. The lowest BCUT2D eigenvalue weighted by Crippen LogP contribution is -2.34. The lowest BCUT2D eigenvalue weighted by molar-refractivity contribution is -0.0121. The second kappa shape index (κ2) is 7.34. The molecule has 0 amide bonds. The molecule has 0 aliphatic carbocycles. The zero-order chi connectivity index (χ0) is 10.2. The van der Waals surface area contributed by atoms with E-state index in [1.54, 1.807) is 0 Å². The van der Waals surface area contributed by atoms with Gasteiger partial charge < -0.3 is 10.5 Å². The third kappa shape index (κ3) is 8.26. The summed E-state index contributed by atoms with van der Waals surface area (Å²) in [5, 5.41) is 0. The van der Waals surface area contributed by atoms with Gasteiger partial charge in [-0.3, -0.25) is 0 Å². The van der Waals surface area contributed by atoms with Crippen molar-refractivity contribution in [3.63, 3.8) is 0 Å². The molecule has 0 aliphatic rings. The van der Waals surface area contributed by atoms with Gasteiger partial charge in [-0.2, -0.15) is 0 Å². The van der Waals surface area contributed by atoms with Gasteiger partial charge in [-0.05, 0) is 20.3 Å². The first-order valence-electron chi connectivity index (χ1n) is 5.46. The molecule has 2 nitrogen and oxygen atoms in total. The maximum Gasteiger partial charge on any atom is 0.0748 e. The Labute approximate surface area is 82.8 Å². The predicted molar refractivity (Wildman–Crippen MR) is 57.8 cm³/mol. The Kier molecular flexibility index (Phi) is 7.29. The summed E-state index contributed by atoms with van der Waals surface area (Å²) in [6.45, 7) is 7.77. The van der Waals surface area contributed by atoms with Crippen LogP contribution in [0.1, 0.15) is 52.9 Å². The molecule has 0 aromatic rings. The Hall–Kier alpha value is -0.0800. The Morgan fingerprint density at radius 1 is 1.08 bits per heavy atom. The van der Waals surface area contributed by atoms with Crippen LogP contribution in [0.4, 0.5) is 0 Å². The van der Waals surface area contributed by atoms with E-state index in [0.29, 0.717) is 6.54 Å². The molecular formula is C11H25NO. The topological polar surface area (TPSA) is 35.2 Å². The summed E-state index contributed by atoms with van der Waals surface area (Å²) in [5.41, 5.74) is 5.41. The van der Waals surface area contributed by atoms with Crippen LogP contribution in [0.25, 0.3) is 0 Å². The van der Waals surface area contributed by atoms with E-state index in [0.717, 1.165) is 6.61 Å². The Bertz CT molecular complexity index is 113. The fraction of sp³-hybridized carbons (Fsp3) is 1.00. The van der Waals surface area contributed by atoms with E-state index in [2.05, 4.69) is 6.92 Å². The van der Waals surface area contributed by atoms with E-state index < -0.39 is 0 Å². The highest BCUT2D eigenvalue weighted by Gasteiger charge is 2.14. The summed E-state index contributed by atoms with van der Waals surface area (Å²) in [7, 11) is 0. The minimum atomic E-state index is -0.134. The average Bonchev–Trinajstić information content (AvgIpc) is 2.11. The minimum Gasteiger partial charge on any atom is -0.374 e. The fourth-order valence-electron chi connectivity index (χ4n) is 1.11.